The van der Waals surface area contributed by atoms with Gasteiger partial charge in [-0.15, -0.1) is 0 Å². The van der Waals surface area contributed by atoms with Crippen molar-refractivity contribution in [3.05, 3.63) is 0 Å². The summed E-state index contributed by atoms with van der Waals surface area (Å²) in [5.74, 6) is 0.508. The van der Waals surface area contributed by atoms with Crippen molar-refractivity contribution < 1.29 is 27.0 Å². The molecule has 0 aromatic heterocycles. The average Bonchev–Trinajstić information content (AvgIpc) is 2.55. The number of likely N-dealkylation sites (N-methyl/N-ethyl adjacent to an activating group) is 1. The van der Waals surface area contributed by atoms with Gasteiger partial charge >= 0.3 is 5.97 Å². The highest BCUT2D eigenvalue weighted by molar-refractivity contribution is 7.84. The lowest BCUT2D eigenvalue weighted by atomic mass is 9.95. The van der Waals surface area contributed by atoms with E-state index in [1.165, 1.54) is 77.0 Å². The van der Waals surface area contributed by atoms with Crippen LogP contribution in [-0.2, 0) is 19.6 Å². The molecule has 1 unspecified atom stereocenters. The van der Waals surface area contributed by atoms with Gasteiger partial charge in [0.05, 0.1) is 37.9 Å². The fourth-order valence-electron chi connectivity index (χ4n) is 3.03. The number of hydrogen-bond acceptors (Lipinski definition) is 5. The first-order valence-corrected chi connectivity index (χ1v) is 13.1. The van der Waals surface area contributed by atoms with E-state index in [0.29, 0.717) is 29.8 Å². The van der Waals surface area contributed by atoms with Crippen LogP contribution in [-0.4, -0.2) is 64.0 Å². The minimum absolute atomic E-state index is 0.0518. The van der Waals surface area contributed by atoms with Crippen LogP contribution in [0.15, 0.2) is 0 Å². The largest absolute Gasteiger partial charge is 0.748 e. The molecule has 0 heterocycles. The second-order valence-corrected chi connectivity index (χ2v) is 10.5. The maximum atomic E-state index is 11.9. The van der Waals surface area contributed by atoms with Gasteiger partial charge in [-0.1, -0.05) is 78.1 Å². The van der Waals surface area contributed by atoms with Crippen LogP contribution in [0, 0.1) is 5.92 Å². The number of rotatable bonds is 16. The highest BCUT2D eigenvalue weighted by Gasteiger charge is 2.17. The average molecular weight is 438 g/mol. The minimum atomic E-state index is -3.92. The van der Waals surface area contributed by atoms with Crippen molar-refractivity contribution >= 4 is 16.1 Å². The molecule has 0 rings (SSSR count). The van der Waals surface area contributed by atoms with Crippen LogP contribution < -0.4 is 0 Å². The van der Waals surface area contributed by atoms with E-state index >= 15 is 0 Å². The molecule has 0 N–H and O–H groups in total. The molecule has 29 heavy (non-hydrogen) atoms. The van der Waals surface area contributed by atoms with Crippen LogP contribution in [0.5, 0.6) is 0 Å². The Morgan fingerprint density at radius 1 is 0.862 bits per heavy atom. The molecule has 0 aliphatic carbocycles. The Kier molecular flexibility index (Phi) is 19.1. The molecule has 0 saturated carbocycles. The lowest BCUT2D eigenvalue weighted by Gasteiger charge is -2.23. The smallest absolute Gasteiger partial charge is 0.361 e. The van der Waals surface area contributed by atoms with Crippen molar-refractivity contribution in [2.45, 2.75) is 90.9 Å². The number of carbonyl (C=O) groups excluding carboxylic acids is 1. The highest BCUT2D eigenvalue weighted by atomic mass is 32.2. The molecule has 0 aliphatic rings. The highest BCUT2D eigenvalue weighted by Crippen LogP contribution is 2.19. The van der Waals surface area contributed by atoms with Crippen molar-refractivity contribution in [2.75, 3.05) is 40.6 Å². The predicted molar refractivity (Wildman–Crippen MR) is 120 cm³/mol. The zero-order valence-electron chi connectivity index (χ0n) is 19.9. The van der Waals surface area contributed by atoms with Crippen molar-refractivity contribution in [2.24, 2.45) is 5.92 Å². The topological polar surface area (TPSA) is 83.5 Å². The van der Waals surface area contributed by atoms with Crippen molar-refractivity contribution in [1.29, 1.82) is 0 Å². The van der Waals surface area contributed by atoms with E-state index < -0.39 is 10.1 Å². The maximum Gasteiger partial charge on any atom is 0.361 e. The van der Waals surface area contributed by atoms with Gasteiger partial charge in [0.25, 0.3) is 0 Å². The summed E-state index contributed by atoms with van der Waals surface area (Å²) >= 11 is 0. The third kappa shape index (κ3) is 32.2. The molecule has 0 saturated heterocycles. The Labute approximate surface area is 180 Å². The predicted octanol–water partition coefficient (Wildman–Crippen LogP) is 4.73. The monoisotopic (exact) mass is 437 g/mol. The van der Waals surface area contributed by atoms with Crippen LogP contribution in [0.2, 0.25) is 0 Å². The third-order valence-corrected chi connectivity index (χ3v) is 4.52. The Morgan fingerprint density at radius 2 is 1.24 bits per heavy atom. The zero-order valence-corrected chi connectivity index (χ0v) is 20.7. The first-order chi connectivity index (χ1) is 13.4. The molecule has 0 fully saturated rings. The molecule has 0 spiro atoms. The zero-order chi connectivity index (χ0) is 22.8. The van der Waals surface area contributed by atoms with Crippen molar-refractivity contribution in [3.63, 3.8) is 0 Å². The first-order valence-electron chi connectivity index (χ1n) is 11.3. The molecule has 7 heteroatoms. The van der Waals surface area contributed by atoms with E-state index in [9.17, 15) is 4.79 Å². The number of quaternary nitrogens is 1. The number of unbranched alkanes of at least 4 members (excludes halogenated alkanes) is 8. The van der Waals surface area contributed by atoms with Crippen molar-refractivity contribution in [1.82, 2.24) is 0 Å². The molecule has 6 nitrogen and oxygen atoms in total. The quantitative estimate of drug-likeness (QED) is 0.151. The molecule has 0 amide bonds. The lowest BCUT2D eigenvalue weighted by molar-refractivity contribution is -0.862. The van der Waals surface area contributed by atoms with E-state index in [2.05, 4.69) is 13.8 Å². The van der Waals surface area contributed by atoms with Crippen LogP contribution in [0.25, 0.3) is 0 Å². The molecule has 0 aliphatic heterocycles. The summed E-state index contributed by atoms with van der Waals surface area (Å²) in [7, 11) is 2.17. The van der Waals surface area contributed by atoms with Gasteiger partial charge in [0.1, 0.15) is 0 Å². The standard InChI is InChI=1S/C21H44NO2.CH4O3S/c1-6-8-10-12-13-15-17-20(16-14-11-9-7-2)19-24-21(23)18-22(3,4)5;1-5(2,3)4/h20H,6-19H2,1-5H3;1H3,(H,2,3,4)/q+1;/p-1. The molecular weight excluding hydrogens is 390 g/mol. The number of carbonyl (C=O) groups is 1. The van der Waals surface area contributed by atoms with Gasteiger partial charge < -0.3 is 13.8 Å². The Bertz CT molecular complexity index is 478. The summed E-state index contributed by atoms with van der Waals surface area (Å²) in [5.41, 5.74) is 0. The molecule has 0 aromatic carbocycles. The molecule has 1 atom stereocenters. The summed E-state index contributed by atoms with van der Waals surface area (Å²) in [6, 6.07) is 0. The maximum absolute atomic E-state index is 11.9. The molecule has 0 aromatic rings. The normalized spacial score (nSPS) is 12.8. The second-order valence-electron chi connectivity index (χ2n) is 9.11. The fraction of sp³-hybridized carbons (Fsp3) is 0.955. The van der Waals surface area contributed by atoms with Crippen LogP contribution in [0.4, 0.5) is 0 Å². The van der Waals surface area contributed by atoms with Crippen LogP contribution in [0.3, 0.4) is 0 Å². The summed E-state index contributed by atoms with van der Waals surface area (Å²) in [4.78, 5) is 11.9. The second kappa shape index (κ2) is 18.1. The molecule has 0 radical (unpaired) electrons. The third-order valence-electron chi connectivity index (χ3n) is 4.52. The van der Waals surface area contributed by atoms with E-state index in [1.807, 2.05) is 21.1 Å². The molecule has 0 bridgehead atoms. The summed E-state index contributed by atoms with van der Waals surface area (Å²) in [6.07, 6.45) is 16.3. The van der Waals surface area contributed by atoms with Gasteiger partial charge in [-0.2, -0.15) is 0 Å². The Balaban J connectivity index is 0. The van der Waals surface area contributed by atoms with E-state index in [0.717, 1.165) is 0 Å². The van der Waals surface area contributed by atoms with E-state index in [-0.39, 0.29) is 5.97 Å². The Morgan fingerprint density at radius 3 is 1.66 bits per heavy atom. The fourth-order valence-corrected chi connectivity index (χ4v) is 3.03. The number of esters is 1. The van der Waals surface area contributed by atoms with E-state index in [4.69, 9.17) is 17.7 Å². The minimum Gasteiger partial charge on any atom is -0.748 e. The number of ether oxygens (including phenoxy) is 1. The van der Waals surface area contributed by atoms with Gasteiger partial charge in [-0.05, 0) is 18.8 Å². The van der Waals surface area contributed by atoms with Gasteiger partial charge in [-0.3, -0.25) is 0 Å². The molecular formula is C22H47NO5S. The van der Waals surface area contributed by atoms with Gasteiger partial charge in [-0.25, -0.2) is 13.2 Å². The van der Waals surface area contributed by atoms with Gasteiger partial charge in [0, 0.05) is 6.26 Å². The summed E-state index contributed by atoms with van der Waals surface area (Å²) < 4.78 is 33.4. The van der Waals surface area contributed by atoms with E-state index in [1.54, 1.807) is 0 Å². The summed E-state index contributed by atoms with van der Waals surface area (Å²) in [6.45, 7) is 5.59. The summed E-state index contributed by atoms with van der Waals surface area (Å²) in [5, 5.41) is 0. The first kappa shape index (κ1) is 30.5. The van der Waals surface area contributed by atoms with Crippen LogP contribution in [0.1, 0.15) is 90.9 Å². The van der Waals surface area contributed by atoms with Crippen LogP contribution >= 0.6 is 0 Å². The van der Waals surface area contributed by atoms with Gasteiger partial charge in [0.15, 0.2) is 6.54 Å². The van der Waals surface area contributed by atoms with Gasteiger partial charge in [0.2, 0.25) is 0 Å². The Hall–Kier alpha value is -0.660. The lowest BCUT2D eigenvalue weighted by Crippen LogP contribution is -2.40. The van der Waals surface area contributed by atoms with Crippen molar-refractivity contribution in [3.8, 4) is 0 Å². The molecule has 176 valence electrons. The SMILES string of the molecule is CCCCCCCCC(CCCCCC)COC(=O)C[N+](C)(C)C.CS(=O)(=O)[O-]. The number of nitrogens with zero attached hydrogens (tertiary/aromatic N) is 1. The number of hydrogen-bond donors (Lipinski definition) is 0.